The van der Waals surface area contributed by atoms with Crippen LogP contribution in [0.3, 0.4) is 0 Å². The highest BCUT2D eigenvalue weighted by molar-refractivity contribution is 6.25. The molecule has 0 unspecified atom stereocenters. The number of nitrogens with two attached hydrogens (primary N) is 1. The Kier molecular flexibility index (Phi) is 1.96. The van der Waals surface area contributed by atoms with Crippen molar-refractivity contribution < 1.29 is 4.92 Å². The number of anilines is 1. The Labute approximate surface area is 113 Å². The van der Waals surface area contributed by atoms with E-state index in [1.165, 1.54) is 0 Å². The Bertz CT molecular complexity index is 976. The van der Waals surface area contributed by atoms with Gasteiger partial charge in [-0.3, -0.25) is 10.1 Å². The summed E-state index contributed by atoms with van der Waals surface area (Å²) in [6.07, 6.45) is 0. The van der Waals surface area contributed by atoms with Gasteiger partial charge in [0.1, 0.15) is 5.69 Å². The molecule has 20 heavy (non-hydrogen) atoms. The summed E-state index contributed by atoms with van der Waals surface area (Å²) in [4.78, 5) is 10.9. The monoisotopic (exact) mass is 262 g/mol. The third-order valence-corrected chi connectivity index (χ3v) is 3.83. The summed E-state index contributed by atoms with van der Waals surface area (Å²) >= 11 is 0. The molecule has 4 aromatic carbocycles. The quantitative estimate of drug-likeness (QED) is 0.243. The van der Waals surface area contributed by atoms with Crippen LogP contribution in [0.25, 0.3) is 32.3 Å². The van der Waals surface area contributed by atoms with Crippen LogP contribution in [0, 0.1) is 10.1 Å². The second-order valence-corrected chi connectivity index (χ2v) is 4.93. The lowest BCUT2D eigenvalue weighted by Gasteiger charge is -2.11. The van der Waals surface area contributed by atoms with Crippen LogP contribution in [0.5, 0.6) is 0 Å². The smallest absolute Gasteiger partial charge is 0.299 e. The van der Waals surface area contributed by atoms with Crippen molar-refractivity contribution in [1.82, 2.24) is 0 Å². The molecule has 0 atom stereocenters. The fourth-order valence-corrected chi connectivity index (χ4v) is 3.02. The summed E-state index contributed by atoms with van der Waals surface area (Å²) in [7, 11) is 0. The first-order chi connectivity index (χ1) is 9.66. The number of rotatable bonds is 1. The Morgan fingerprint density at radius 3 is 2.25 bits per heavy atom. The second-order valence-electron chi connectivity index (χ2n) is 4.93. The topological polar surface area (TPSA) is 69.2 Å². The third kappa shape index (κ3) is 1.25. The van der Waals surface area contributed by atoms with Gasteiger partial charge >= 0.3 is 0 Å². The van der Waals surface area contributed by atoms with E-state index in [0.717, 1.165) is 26.9 Å². The fourth-order valence-electron chi connectivity index (χ4n) is 3.02. The SMILES string of the molecule is Nc1cc2ccc3cccc4ccc(c1[N+](=O)[O-])c2c34. The van der Waals surface area contributed by atoms with Crippen LogP contribution < -0.4 is 5.73 Å². The maximum absolute atomic E-state index is 11.3. The Balaban J connectivity index is 2.39. The third-order valence-electron chi connectivity index (χ3n) is 3.83. The second kappa shape index (κ2) is 3.57. The van der Waals surface area contributed by atoms with Crippen LogP contribution in [-0.4, -0.2) is 4.92 Å². The van der Waals surface area contributed by atoms with Crippen molar-refractivity contribution in [1.29, 1.82) is 0 Å². The number of nitro benzene ring substituents is 1. The molecule has 0 bridgehead atoms. The van der Waals surface area contributed by atoms with E-state index < -0.39 is 4.92 Å². The molecule has 4 heteroatoms. The van der Waals surface area contributed by atoms with Gasteiger partial charge in [0, 0.05) is 5.39 Å². The predicted octanol–water partition coefficient (Wildman–Crippen LogP) is 4.07. The van der Waals surface area contributed by atoms with E-state index in [9.17, 15) is 10.1 Å². The van der Waals surface area contributed by atoms with E-state index in [0.29, 0.717) is 5.39 Å². The lowest BCUT2D eigenvalue weighted by molar-refractivity contribution is -0.382. The van der Waals surface area contributed by atoms with E-state index in [2.05, 4.69) is 0 Å². The van der Waals surface area contributed by atoms with Gasteiger partial charge in [-0.2, -0.15) is 0 Å². The first-order valence-electron chi connectivity index (χ1n) is 6.27. The van der Waals surface area contributed by atoms with Gasteiger partial charge < -0.3 is 5.73 Å². The average Bonchev–Trinajstić information content (AvgIpc) is 2.43. The maximum atomic E-state index is 11.3. The van der Waals surface area contributed by atoms with Crippen molar-refractivity contribution in [3.8, 4) is 0 Å². The highest BCUT2D eigenvalue weighted by Crippen LogP contribution is 2.41. The number of nitrogens with zero attached hydrogens (tertiary/aromatic N) is 1. The van der Waals surface area contributed by atoms with Gasteiger partial charge in [-0.1, -0.05) is 36.4 Å². The summed E-state index contributed by atoms with van der Waals surface area (Å²) in [5, 5.41) is 17.0. The van der Waals surface area contributed by atoms with Crippen molar-refractivity contribution in [2.24, 2.45) is 0 Å². The molecule has 4 rings (SSSR count). The summed E-state index contributed by atoms with van der Waals surface area (Å²) in [5.74, 6) is 0. The number of hydrogen-bond donors (Lipinski definition) is 1. The molecule has 4 aromatic rings. The summed E-state index contributed by atoms with van der Waals surface area (Å²) in [5.41, 5.74) is 6.06. The van der Waals surface area contributed by atoms with Crippen molar-refractivity contribution in [2.45, 2.75) is 0 Å². The lowest BCUT2D eigenvalue weighted by atomic mass is 9.93. The molecule has 96 valence electrons. The molecule has 0 aromatic heterocycles. The fraction of sp³-hybridized carbons (Fsp3) is 0. The zero-order valence-electron chi connectivity index (χ0n) is 10.5. The minimum absolute atomic E-state index is 0.00393. The van der Waals surface area contributed by atoms with E-state index in [1.807, 2.05) is 36.4 Å². The average molecular weight is 262 g/mol. The Hall–Kier alpha value is -2.88. The zero-order chi connectivity index (χ0) is 13.9. The number of hydrogen-bond acceptors (Lipinski definition) is 3. The van der Waals surface area contributed by atoms with Gasteiger partial charge in [-0.15, -0.1) is 0 Å². The van der Waals surface area contributed by atoms with E-state index >= 15 is 0 Å². The van der Waals surface area contributed by atoms with Crippen molar-refractivity contribution in [2.75, 3.05) is 5.73 Å². The van der Waals surface area contributed by atoms with Crippen molar-refractivity contribution in [3.63, 3.8) is 0 Å². The minimum Gasteiger partial charge on any atom is -0.393 e. The van der Waals surface area contributed by atoms with Gasteiger partial charge in [0.05, 0.1) is 10.3 Å². The first kappa shape index (κ1) is 11.0. The number of nitrogen functional groups attached to an aromatic ring is 1. The summed E-state index contributed by atoms with van der Waals surface area (Å²) in [6, 6.07) is 15.4. The lowest BCUT2D eigenvalue weighted by Crippen LogP contribution is -1.97. The van der Waals surface area contributed by atoms with Crippen LogP contribution >= 0.6 is 0 Å². The highest BCUT2D eigenvalue weighted by atomic mass is 16.6. The molecule has 0 heterocycles. The normalized spacial score (nSPS) is 11.6. The molecule has 4 nitrogen and oxygen atoms in total. The molecular formula is C16H10N2O2. The van der Waals surface area contributed by atoms with Gasteiger partial charge in [0.2, 0.25) is 0 Å². The maximum Gasteiger partial charge on any atom is 0.299 e. The van der Waals surface area contributed by atoms with Crippen LogP contribution in [-0.2, 0) is 0 Å². The molecular weight excluding hydrogens is 252 g/mol. The minimum atomic E-state index is -0.402. The van der Waals surface area contributed by atoms with Gasteiger partial charge in [0.25, 0.3) is 5.69 Å². The molecule has 0 aliphatic heterocycles. The molecule has 0 aliphatic carbocycles. The Morgan fingerprint density at radius 1 is 0.900 bits per heavy atom. The van der Waals surface area contributed by atoms with Gasteiger partial charge in [-0.25, -0.2) is 0 Å². The van der Waals surface area contributed by atoms with E-state index in [1.54, 1.807) is 12.1 Å². The molecule has 0 fully saturated rings. The zero-order valence-corrected chi connectivity index (χ0v) is 10.5. The standard InChI is InChI=1S/C16H10N2O2/c17-13-8-11-5-4-9-2-1-3-10-6-7-12(15(11)14(9)10)16(13)18(19)20/h1-8H,17H2. The molecule has 0 spiro atoms. The van der Waals surface area contributed by atoms with Gasteiger partial charge in [-0.05, 0) is 33.7 Å². The first-order valence-corrected chi connectivity index (χ1v) is 6.27. The van der Waals surface area contributed by atoms with E-state index in [4.69, 9.17) is 5.73 Å². The van der Waals surface area contributed by atoms with E-state index in [-0.39, 0.29) is 11.4 Å². The van der Waals surface area contributed by atoms with Crippen LogP contribution in [0.4, 0.5) is 11.4 Å². The van der Waals surface area contributed by atoms with Crippen LogP contribution in [0.15, 0.2) is 48.5 Å². The van der Waals surface area contributed by atoms with Crippen LogP contribution in [0.2, 0.25) is 0 Å². The molecule has 2 N–H and O–H groups in total. The largest absolute Gasteiger partial charge is 0.393 e. The van der Waals surface area contributed by atoms with Crippen molar-refractivity contribution in [3.05, 3.63) is 58.6 Å². The van der Waals surface area contributed by atoms with Crippen molar-refractivity contribution >= 4 is 43.7 Å². The summed E-state index contributed by atoms with van der Waals surface area (Å²) < 4.78 is 0. The predicted molar refractivity (Wildman–Crippen MR) is 81.2 cm³/mol. The number of nitro groups is 1. The highest BCUT2D eigenvalue weighted by Gasteiger charge is 2.20. The van der Waals surface area contributed by atoms with Gasteiger partial charge in [0.15, 0.2) is 0 Å². The molecule has 0 aliphatic rings. The van der Waals surface area contributed by atoms with Crippen LogP contribution in [0.1, 0.15) is 0 Å². The molecule has 0 amide bonds. The Morgan fingerprint density at radius 2 is 1.55 bits per heavy atom. The number of benzene rings is 4. The molecule has 0 saturated heterocycles. The molecule has 0 saturated carbocycles. The molecule has 0 radical (unpaired) electrons. The summed E-state index contributed by atoms with van der Waals surface area (Å²) in [6.45, 7) is 0.